The van der Waals surface area contributed by atoms with Crippen LogP contribution >= 0.6 is 7.82 Å². The highest BCUT2D eigenvalue weighted by molar-refractivity contribution is 7.46. The topological polar surface area (TPSA) is 119 Å². The van der Waals surface area contributed by atoms with Crippen LogP contribution in [-0.2, 0) is 28.2 Å². The molecule has 0 saturated carbocycles. The minimum Gasteiger partial charge on any atom is -0.462 e. The predicted molar refractivity (Wildman–Crippen MR) is 198 cm³/mol. The van der Waals surface area contributed by atoms with Crippen LogP contribution in [0.1, 0.15) is 219 Å². The average Bonchev–Trinajstić information content (AvgIpc) is 3.05. The maximum atomic E-state index is 12.3. The standard InChI is InChI=1S/C39H77O8P/c1-3-5-7-9-11-13-15-17-18-19-20-21-22-24-25-27-29-31-33-38(40)45-35-37(36-46-48(42,43)44)47-39(41)34-32-30-28-26-23-16-14-12-10-8-6-4-2/h37H,3-36H2,1-2H3,(H2,42,43,44)/t37-/m1/s1. The molecular formula is C39H77O8P. The quantitative estimate of drug-likeness (QED) is 0.0370. The number of ether oxygens (including phenoxy) is 2. The van der Waals surface area contributed by atoms with Crippen LogP contribution in [0.3, 0.4) is 0 Å². The third-order valence-corrected chi connectivity index (χ3v) is 9.61. The Labute approximate surface area is 295 Å². The number of hydrogen-bond acceptors (Lipinski definition) is 6. The minimum atomic E-state index is -4.74. The van der Waals surface area contributed by atoms with E-state index in [2.05, 4.69) is 18.4 Å². The summed E-state index contributed by atoms with van der Waals surface area (Å²) in [5.41, 5.74) is 0. The maximum Gasteiger partial charge on any atom is 0.469 e. The number of rotatable bonds is 38. The molecule has 8 nitrogen and oxygen atoms in total. The number of unbranched alkanes of at least 4 members (excludes halogenated alkanes) is 28. The molecule has 0 amide bonds. The monoisotopic (exact) mass is 705 g/mol. The van der Waals surface area contributed by atoms with Crippen molar-refractivity contribution in [3.8, 4) is 0 Å². The highest BCUT2D eigenvalue weighted by Crippen LogP contribution is 2.36. The number of hydrogen-bond donors (Lipinski definition) is 2. The summed E-state index contributed by atoms with van der Waals surface area (Å²) in [6, 6.07) is 0. The van der Waals surface area contributed by atoms with Gasteiger partial charge < -0.3 is 19.3 Å². The number of phosphoric ester groups is 1. The van der Waals surface area contributed by atoms with Gasteiger partial charge >= 0.3 is 19.8 Å². The molecule has 286 valence electrons. The molecule has 0 fully saturated rings. The van der Waals surface area contributed by atoms with E-state index in [1.165, 1.54) is 148 Å². The second-order valence-electron chi connectivity index (χ2n) is 14.0. The van der Waals surface area contributed by atoms with Crippen molar-refractivity contribution in [3.63, 3.8) is 0 Å². The fourth-order valence-corrected chi connectivity index (χ4v) is 6.44. The van der Waals surface area contributed by atoms with Crippen molar-refractivity contribution in [2.45, 2.75) is 225 Å². The Morgan fingerprint density at radius 2 is 0.750 bits per heavy atom. The van der Waals surface area contributed by atoms with Gasteiger partial charge in [0.05, 0.1) is 6.61 Å². The van der Waals surface area contributed by atoms with Crippen LogP contribution in [0.15, 0.2) is 0 Å². The van der Waals surface area contributed by atoms with Crippen LogP contribution in [0, 0.1) is 0 Å². The van der Waals surface area contributed by atoms with E-state index in [1.807, 2.05) is 0 Å². The molecule has 0 aromatic heterocycles. The lowest BCUT2D eigenvalue weighted by Gasteiger charge is -2.18. The Balaban J connectivity index is 3.85. The molecule has 0 aliphatic carbocycles. The zero-order valence-electron chi connectivity index (χ0n) is 31.4. The molecule has 0 saturated heterocycles. The molecule has 0 aliphatic heterocycles. The van der Waals surface area contributed by atoms with Gasteiger partial charge in [0.2, 0.25) is 0 Å². The van der Waals surface area contributed by atoms with E-state index in [0.29, 0.717) is 6.42 Å². The van der Waals surface area contributed by atoms with Gasteiger partial charge in [-0.15, -0.1) is 0 Å². The van der Waals surface area contributed by atoms with Gasteiger partial charge in [-0.3, -0.25) is 14.1 Å². The molecule has 0 aromatic carbocycles. The first-order valence-corrected chi connectivity index (χ1v) is 21.9. The Morgan fingerprint density at radius 3 is 1.06 bits per heavy atom. The van der Waals surface area contributed by atoms with Gasteiger partial charge in [-0.2, -0.15) is 0 Å². The summed E-state index contributed by atoms with van der Waals surface area (Å²) in [4.78, 5) is 42.7. The summed E-state index contributed by atoms with van der Waals surface area (Å²) in [5, 5.41) is 0. The molecule has 9 heteroatoms. The SMILES string of the molecule is CCCCCCCCCCCCCCCCCCCCC(=O)OC[C@H](COP(=O)(O)O)OC(=O)CCCCCCCCCCCCCC. The van der Waals surface area contributed by atoms with Crippen LogP contribution in [0.2, 0.25) is 0 Å². The molecular weight excluding hydrogens is 627 g/mol. The van der Waals surface area contributed by atoms with Crippen molar-refractivity contribution in [2.75, 3.05) is 13.2 Å². The zero-order valence-corrected chi connectivity index (χ0v) is 32.3. The van der Waals surface area contributed by atoms with Crippen molar-refractivity contribution >= 4 is 19.8 Å². The molecule has 1 atom stereocenters. The summed E-state index contributed by atoms with van der Waals surface area (Å²) in [6.45, 7) is 3.70. The van der Waals surface area contributed by atoms with E-state index in [9.17, 15) is 14.2 Å². The third kappa shape index (κ3) is 37.9. The fourth-order valence-electron chi connectivity index (χ4n) is 6.08. The van der Waals surface area contributed by atoms with E-state index in [4.69, 9.17) is 19.3 Å². The van der Waals surface area contributed by atoms with E-state index >= 15 is 0 Å². The van der Waals surface area contributed by atoms with E-state index in [0.717, 1.165) is 38.5 Å². The number of carbonyl (C=O) groups is 2. The van der Waals surface area contributed by atoms with Crippen LogP contribution in [0.25, 0.3) is 0 Å². The molecule has 48 heavy (non-hydrogen) atoms. The number of esters is 2. The second-order valence-corrected chi connectivity index (χ2v) is 15.2. The average molecular weight is 705 g/mol. The highest BCUT2D eigenvalue weighted by atomic mass is 31.2. The van der Waals surface area contributed by atoms with Gasteiger partial charge in [0.1, 0.15) is 6.61 Å². The molecule has 0 spiro atoms. The van der Waals surface area contributed by atoms with Gasteiger partial charge in [-0.1, -0.05) is 194 Å². The van der Waals surface area contributed by atoms with E-state index < -0.39 is 32.5 Å². The molecule has 0 radical (unpaired) electrons. The molecule has 0 aromatic rings. The Bertz CT molecular complexity index is 756. The van der Waals surface area contributed by atoms with Crippen molar-refractivity contribution in [3.05, 3.63) is 0 Å². The van der Waals surface area contributed by atoms with Gasteiger partial charge in [0, 0.05) is 12.8 Å². The summed E-state index contributed by atoms with van der Waals surface area (Å²) in [7, 11) is -4.74. The first kappa shape index (κ1) is 47.0. The van der Waals surface area contributed by atoms with Gasteiger partial charge in [-0.25, -0.2) is 4.57 Å². The zero-order chi connectivity index (χ0) is 35.4. The van der Waals surface area contributed by atoms with E-state index in [1.54, 1.807) is 0 Å². The minimum absolute atomic E-state index is 0.219. The highest BCUT2D eigenvalue weighted by Gasteiger charge is 2.22. The van der Waals surface area contributed by atoms with Gasteiger partial charge in [0.25, 0.3) is 0 Å². The summed E-state index contributed by atoms with van der Waals surface area (Å²) in [6.07, 6.45) is 36.8. The Hall–Kier alpha value is -0.950. The predicted octanol–water partition coefficient (Wildman–Crippen LogP) is 12.1. The fraction of sp³-hybridized carbons (Fsp3) is 0.949. The van der Waals surface area contributed by atoms with E-state index in [-0.39, 0.29) is 19.4 Å². The summed E-state index contributed by atoms with van der Waals surface area (Å²) < 4.78 is 26.3. The van der Waals surface area contributed by atoms with Gasteiger partial charge in [-0.05, 0) is 12.8 Å². The molecule has 2 N–H and O–H groups in total. The largest absolute Gasteiger partial charge is 0.469 e. The molecule has 0 unspecified atom stereocenters. The lowest BCUT2D eigenvalue weighted by atomic mass is 10.0. The van der Waals surface area contributed by atoms with Crippen LogP contribution in [-0.4, -0.2) is 41.0 Å². The molecule has 0 heterocycles. The lowest BCUT2D eigenvalue weighted by Crippen LogP contribution is -2.29. The van der Waals surface area contributed by atoms with Crippen molar-refractivity contribution < 1.29 is 37.9 Å². The summed E-state index contributed by atoms with van der Waals surface area (Å²) in [5.74, 6) is -0.870. The Kier molecular flexibility index (Phi) is 35.2. The lowest BCUT2D eigenvalue weighted by molar-refractivity contribution is -0.161. The van der Waals surface area contributed by atoms with Crippen molar-refractivity contribution in [2.24, 2.45) is 0 Å². The first-order valence-electron chi connectivity index (χ1n) is 20.3. The van der Waals surface area contributed by atoms with Crippen LogP contribution in [0.4, 0.5) is 0 Å². The van der Waals surface area contributed by atoms with Crippen molar-refractivity contribution in [1.29, 1.82) is 0 Å². The third-order valence-electron chi connectivity index (χ3n) is 9.13. The van der Waals surface area contributed by atoms with Crippen LogP contribution in [0.5, 0.6) is 0 Å². The first-order chi connectivity index (χ1) is 23.3. The molecule has 0 aliphatic rings. The summed E-state index contributed by atoms with van der Waals surface area (Å²) >= 11 is 0. The maximum absolute atomic E-state index is 12.3. The molecule has 0 bridgehead atoms. The normalized spacial score (nSPS) is 12.3. The van der Waals surface area contributed by atoms with Crippen LogP contribution < -0.4 is 0 Å². The Morgan fingerprint density at radius 1 is 0.458 bits per heavy atom. The smallest absolute Gasteiger partial charge is 0.462 e. The number of carbonyl (C=O) groups excluding carboxylic acids is 2. The molecule has 0 rings (SSSR count). The van der Waals surface area contributed by atoms with Gasteiger partial charge in [0.15, 0.2) is 6.10 Å². The number of phosphoric acid groups is 1. The second kappa shape index (κ2) is 35.9. The van der Waals surface area contributed by atoms with Crippen molar-refractivity contribution in [1.82, 2.24) is 0 Å².